The van der Waals surface area contributed by atoms with Crippen molar-refractivity contribution in [2.45, 2.75) is 522 Å². The Morgan fingerprint density at radius 2 is 0.116 bits per heavy atom. The van der Waals surface area contributed by atoms with Gasteiger partial charge in [0.05, 0.1) is 29.4 Å². The first-order valence-electron chi connectivity index (χ1n) is 43.7. The SMILES string of the molecule is C.C.C.C.C.C.C.C.C.C.C.C.C.C.C.C.C.C.C.C.C.C.C.C.C.C.C.C.C.C.C.C.C.C/C=C/C.CC.CC.CC.CC.CC.CC.CC.CC.CC.CC.CC.CC.CC.CC.CC.CC.CC.CC.CC#CC.[3H]PC.[3H]PC.[3H]PC.[3H]PC.[3H]PC.[3H]PC.[3H]PC.[3H]PC.[3H]PC.[3H]PC.[3H]PC.[3H]PC.[3H]PC.[3H]PC.[3H]PC.[3H]PC.[3H]PC.[3H]PC.[3H]PC.[3H]PC.[3H]PC.[3H]PC.[3H]PC.[W].[W].[W].[W].[W].[W].[W].[W].[W].[W].[W].[W].[W].[W].[W].[W].[W].[W].[W].[W].[W].[W].[W]. The minimum absolute atomic E-state index is 0. The van der Waals surface area contributed by atoms with E-state index in [0.29, 0.717) is 211 Å². The molecular weight excluding hydrogens is 6140 g/mol. The second kappa shape index (κ2) is 5770. The molecule has 0 aliphatic carbocycles. The first kappa shape index (κ1) is 548. The van der Waals surface area contributed by atoms with E-state index in [2.05, 4.69) is 11.8 Å². The topological polar surface area (TPSA) is 0 Å². The largest absolute Gasteiger partial charge is 0.141 e. The Morgan fingerprint density at radius 3 is 0.116 bits per heavy atom. The van der Waals surface area contributed by atoms with Crippen molar-refractivity contribution in [3.63, 3.8) is 0 Å². The molecule has 0 aliphatic rings. The van der Waals surface area contributed by atoms with Crippen LogP contribution >= 0.6 is 211 Å². The molecule has 0 aliphatic heterocycles. The zero-order valence-corrected chi connectivity index (χ0v) is 177. The average molecular weight is 6560 g/mol. The Morgan fingerprint density at radius 1 is 0.103 bits per heavy atom. The van der Waals surface area contributed by atoms with Crippen LogP contribution in [0.15, 0.2) is 12.2 Å². The fourth-order valence-corrected chi connectivity index (χ4v) is 0. The van der Waals surface area contributed by atoms with Crippen molar-refractivity contribution < 1.29 is 485 Å². The van der Waals surface area contributed by atoms with Crippen LogP contribution in [0.5, 0.6) is 0 Å². The predicted molar refractivity (Wildman–Crippen MR) is 826 cm³/mol. The third-order valence-electron chi connectivity index (χ3n) is 0.583. The van der Waals surface area contributed by atoms with Gasteiger partial charge >= 0.3 is 0 Å². The molecular formula is C100H369P23W23. The maximum atomic E-state index is 6.24. The summed E-state index contributed by atoms with van der Waals surface area (Å²) in [5, 5.41) is 0. The summed E-state index contributed by atoms with van der Waals surface area (Å²) in [6.45, 7) is 121. The summed E-state index contributed by atoms with van der Waals surface area (Å²) in [6, 6.07) is 0. The molecule has 0 saturated carbocycles. The van der Waals surface area contributed by atoms with Crippen LogP contribution in [0.2, 0.25) is 0 Å². The molecule has 0 aromatic heterocycles. The van der Waals surface area contributed by atoms with Gasteiger partial charge < -0.3 is 0 Å². The van der Waals surface area contributed by atoms with Gasteiger partial charge in [-0.1, -0.05) is 660 Å². The van der Waals surface area contributed by atoms with Gasteiger partial charge in [-0.15, -0.1) is 223 Å². The van der Waals surface area contributed by atoms with E-state index < -0.39 is 0 Å². The monoisotopic (exact) mass is 6560 g/mol. The van der Waals surface area contributed by atoms with Crippen LogP contribution in [-0.2, 0) is 485 Å². The Hall–Kier alpha value is 25.0. The van der Waals surface area contributed by atoms with E-state index in [1.165, 1.54) is 0 Å². The van der Waals surface area contributed by atoms with E-state index in [1.807, 2.05) is 442 Å². The van der Waals surface area contributed by atoms with Gasteiger partial charge in [0.2, 0.25) is 0 Å². The van der Waals surface area contributed by atoms with Gasteiger partial charge in [-0.2, -0.15) is 0 Å². The first-order chi connectivity index (χ1) is 54.4. The maximum absolute atomic E-state index is 6.24. The fraction of sp³-hybridized carbons (Fsp3) is 0.960. The molecule has 0 nitrogen and oxygen atoms in total. The van der Waals surface area contributed by atoms with Crippen LogP contribution in [0.3, 0.4) is 0 Å². The minimum atomic E-state index is 0. The van der Waals surface area contributed by atoms with Crippen molar-refractivity contribution in [1.29, 1.82) is 29.4 Å². The summed E-state index contributed by atoms with van der Waals surface area (Å²) in [5.41, 5.74) is 0. The van der Waals surface area contributed by atoms with Gasteiger partial charge in [0.15, 0.2) is 0 Å². The van der Waals surface area contributed by atoms with E-state index in [1.54, 1.807) is 0 Å². The molecule has 0 amide bonds. The van der Waals surface area contributed by atoms with Crippen molar-refractivity contribution in [2.24, 2.45) is 0 Å². The van der Waals surface area contributed by atoms with Gasteiger partial charge in [-0.05, 0) is 27.7 Å². The second-order valence-electron chi connectivity index (χ2n) is 1.17. The van der Waals surface area contributed by atoms with Gasteiger partial charge in [-0.3, -0.25) is 0 Å². The van der Waals surface area contributed by atoms with Crippen molar-refractivity contribution in [1.82, 2.24) is 0 Å². The Bertz CT molecular complexity index is 527. The zero-order valence-electron chi connectivity index (χ0n) is 109. The summed E-state index contributed by atoms with van der Waals surface area (Å²) in [5.74, 6) is 5.36. The predicted octanol–water partition coefficient (Wildman–Crippen LogP) is 53.3. The van der Waals surface area contributed by atoms with Crippen LogP contribution in [-0.4, -0.2) is 183 Å². The molecule has 0 spiro atoms. The third-order valence-corrected chi connectivity index (χ3v) is 0.583. The Kier molecular flexibility index (Phi) is 21600. The van der Waals surface area contributed by atoms with Gasteiger partial charge in [0, 0.05) is 485 Å². The first-order valence-corrected chi connectivity index (χ1v) is 55.2. The molecule has 0 aromatic carbocycles. The Labute approximate surface area is 1400 Å². The van der Waals surface area contributed by atoms with E-state index in [4.69, 9.17) is 29.4 Å². The summed E-state index contributed by atoms with van der Waals surface area (Å²) in [6.07, 6.45) is 4.00. The minimum Gasteiger partial charge on any atom is -0.141 e. The molecule has 0 saturated heterocycles. The molecule has 146 heavy (non-hydrogen) atoms. The van der Waals surface area contributed by atoms with Crippen molar-refractivity contribution in [3.05, 3.63) is 12.2 Å². The molecule has 0 N–H and O–H groups in total. The third kappa shape index (κ3) is 6540. The summed E-state index contributed by atoms with van der Waals surface area (Å²) >= 11 is 0. The van der Waals surface area contributed by atoms with E-state index in [9.17, 15) is 0 Å². The van der Waals surface area contributed by atoms with Crippen LogP contribution in [0, 0.1) is 11.8 Å². The summed E-state index contributed by atoms with van der Waals surface area (Å²) in [7, 11) is 7.67. The molecule has 0 fully saturated rings. The molecule has 0 rings (SSSR count). The molecule has 23 atom stereocenters. The van der Waals surface area contributed by atoms with E-state index >= 15 is 0 Å². The quantitative estimate of drug-likeness (QED) is 0.129. The number of hydrogen-bond acceptors (Lipinski definition) is 0. The summed E-state index contributed by atoms with van der Waals surface area (Å²) < 4.78 is 143. The number of rotatable bonds is 0. The molecule has 1022 valence electrons. The molecule has 0 aromatic rings. The van der Waals surface area contributed by atoms with Crippen LogP contribution in [0.1, 0.15) is 522 Å². The maximum Gasteiger partial charge on any atom is 0.0543 e. The second-order valence-corrected chi connectivity index (χ2v) is 1.17. The van der Waals surface area contributed by atoms with Crippen molar-refractivity contribution in [3.8, 4) is 11.8 Å². The van der Waals surface area contributed by atoms with Crippen LogP contribution in [0.4, 0.5) is 0 Å². The standard InChI is InChI=1S/C4H8.C4H6.18C2H6.23CH5P.33CH4.23W/c2*1-3-4-2;41*1-2;;;;;;;;;;;;;;;;;;;;;;;;;;;;;;;;;;;;;;;;;;;;;;;;;;;;;;;;/h3-4H,1-2H3;1-2H3;18*1-2H3;23*2H2,1H3;33*1H4;;;;;;;;;;;;;;;;;;;;;;;/b4-3+;;;;;;;;;;;;;;;;;;;;;;;;;;;;;;;;;;;;;;;;;;;;;;;;;;;;;;;;;;;;;;;;;;;;;;;;;;;;;;;;;;;;;;;;;;;;;;;;;;/i;;;;;;;;;;;;;;;;;;;;23*2T;;;;;;;;;;;;;;;;;;;;;;;;;;;;;;;;;;;;;;;;;;;;;;;;;;;;;;;;. The number of allylic oxidation sites excluding steroid dienone is 2. The molecule has 23 unspecified atom stereocenters. The van der Waals surface area contributed by atoms with E-state index in [-0.39, 0.29) is 730 Å². The Balaban J connectivity index is -0.00000000304. The van der Waals surface area contributed by atoms with Gasteiger partial charge in [0.25, 0.3) is 0 Å². The van der Waals surface area contributed by atoms with Gasteiger partial charge in [0.1, 0.15) is 0 Å². The van der Waals surface area contributed by atoms with Gasteiger partial charge in [-0.25, -0.2) is 0 Å². The molecule has 46 heteroatoms. The molecule has 0 radical (unpaired) electrons. The number of hydrogen-bond donors (Lipinski definition) is 0. The zero-order chi connectivity index (χ0) is 105. The normalized spacial score (nSPS) is 5.98. The average Bonchev–Trinajstić information content (AvgIpc) is 1.58. The van der Waals surface area contributed by atoms with E-state index in [0.717, 1.165) is 0 Å². The van der Waals surface area contributed by atoms with Crippen LogP contribution < -0.4 is 0 Å². The molecule has 0 heterocycles. The summed E-state index contributed by atoms with van der Waals surface area (Å²) in [4.78, 5) is 0. The van der Waals surface area contributed by atoms with Crippen LogP contribution in [0.25, 0.3) is 0 Å². The smallest absolute Gasteiger partial charge is 0.0543 e. The van der Waals surface area contributed by atoms with Crippen molar-refractivity contribution >= 4 is 211 Å². The van der Waals surface area contributed by atoms with Crippen molar-refractivity contribution in [2.75, 3.05) is 153 Å². The molecule has 0 bridgehead atoms. The fourth-order valence-electron chi connectivity index (χ4n) is 0.